The van der Waals surface area contributed by atoms with Crippen molar-refractivity contribution in [2.45, 2.75) is 13.2 Å². The fourth-order valence-electron chi connectivity index (χ4n) is 1.62. The lowest BCUT2D eigenvalue weighted by molar-refractivity contribution is 0.141. The Morgan fingerprint density at radius 3 is 2.37 bits per heavy atom. The Morgan fingerprint density at radius 1 is 1.11 bits per heavy atom. The second-order valence-electron chi connectivity index (χ2n) is 4.15. The Bertz CT molecular complexity index is 552. The monoisotopic (exact) mass is 274 g/mol. The fourth-order valence-corrected chi connectivity index (χ4v) is 1.75. The molecule has 98 valence electrons. The quantitative estimate of drug-likeness (QED) is 0.510. The van der Waals surface area contributed by atoms with E-state index in [0.29, 0.717) is 5.02 Å². The smallest absolute Gasteiger partial charge is 0.165 e. The molecular weight excluding hydrogens is 260 g/mol. The van der Waals surface area contributed by atoms with Crippen LogP contribution in [-0.4, -0.2) is 10.8 Å². The molecule has 1 atom stereocenters. The summed E-state index contributed by atoms with van der Waals surface area (Å²) in [5.41, 5.74) is 5.24. The zero-order valence-corrected chi connectivity index (χ0v) is 11.3. The third kappa shape index (κ3) is 3.81. The Labute approximate surface area is 117 Å². The average Bonchev–Trinajstić information content (AvgIpc) is 2.46. The van der Waals surface area contributed by atoms with E-state index in [4.69, 9.17) is 11.6 Å². The van der Waals surface area contributed by atoms with Crippen molar-refractivity contribution in [2.24, 2.45) is 5.10 Å². The van der Waals surface area contributed by atoms with E-state index in [0.717, 1.165) is 16.8 Å². The zero-order valence-electron chi connectivity index (χ0n) is 10.5. The standard InChI is InChI=1S/C15H15ClN2O/c1-11(12-7-9-14(16)10-8-12)17-18-15(19)13-5-3-2-4-6-13/h2-10,15,18-19H,1H3/b17-11-. The maximum Gasteiger partial charge on any atom is 0.165 e. The number of aliphatic hydroxyl groups excluding tert-OH is 1. The highest BCUT2D eigenvalue weighted by Gasteiger charge is 2.04. The molecule has 0 heterocycles. The van der Waals surface area contributed by atoms with Gasteiger partial charge >= 0.3 is 0 Å². The van der Waals surface area contributed by atoms with Gasteiger partial charge in [-0.2, -0.15) is 5.10 Å². The molecule has 2 aromatic carbocycles. The predicted molar refractivity (Wildman–Crippen MR) is 78.2 cm³/mol. The van der Waals surface area contributed by atoms with Crippen LogP contribution in [0.15, 0.2) is 59.7 Å². The fraction of sp³-hybridized carbons (Fsp3) is 0.133. The number of hydrogen-bond acceptors (Lipinski definition) is 3. The highest BCUT2D eigenvalue weighted by molar-refractivity contribution is 6.30. The third-order valence-corrected chi connectivity index (χ3v) is 2.98. The Hall–Kier alpha value is -1.84. The first-order chi connectivity index (χ1) is 9.16. The number of hydrogen-bond donors (Lipinski definition) is 2. The second-order valence-corrected chi connectivity index (χ2v) is 4.58. The van der Waals surface area contributed by atoms with Crippen molar-refractivity contribution in [2.75, 3.05) is 0 Å². The lowest BCUT2D eigenvalue weighted by Crippen LogP contribution is -2.16. The Balaban J connectivity index is 2.04. The van der Waals surface area contributed by atoms with Crippen LogP contribution in [0.25, 0.3) is 0 Å². The van der Waals surface area contributed by atoms with Gasteiger partial charge in [0.2, 0.25) is 0 Å². The van der Waals surface area contributed by atoms with E-state index in [-0.39, 0.29) is 0 Å². The summed E-state index contributed by atoms with van der Waals surface area (Å²) in [7, 11) is 0. The molecule has 0 aromatic heterocycles. The van der Waals surface area contributed by atoms with Crippen molar-refractivity contribution >= 4 is 17.3 Å². The summed E-state index contributed by atoms with van der Waals surface area (Å²) in [6, 6.07) is 16.7. The molecule has 0 aliphatic heterocycles. The molecule has 0 bridgehead atoms. The highest BCUT2D eigenvalue weighted by atomic mass is 35.5. The van der Waals surface area contributed by atoms with E-state index in [1.807, 2.05) is 61.5 Å². The van der Waals surface area contributed by atoms with E-state index >= 15 is 0 Å². The minimum Gasteiger partial charge on any atom is -0.368 e. The van der Waals surface area contributed by atoms with Crippen LogP contribution in [0.4, 0.5) is 0 Å². The molecule has 0 fully saturated rings. The number of rotatable bonds is 4. The van der Waals surface area contributed by atoms with Gasteiger partial charge in [0.05, 0.1) is 5.71 Å². The van der Waals surface area contributed by atoms with Crippen LogP contribution >= 0.6 is 11.6 Å². The molecule has 0 saturated heterocycles. The summed E-state index contributed by atoms with van der Waals surface area (Å²) in [6.45, 7) is 1.87. The van der Waals surface area contributed by atoms with Gasteiger partial charge in [-0.15, -0.1) is 0 Å². The van der Waals surface area contributed by atoms with Crippen LogP contribution in [0.5, 0.6) is 0 Å². The molecule has 0 aliphatic rings. The van der Waals surface area contributed by atoms with Crippen LogP contribution in [0.2, 0.25) is 5.02 Å². The predicted octanol–water partition coefficient (Wildman–Crippen LogP) is 3.34. The van der Waals surface area contributed by atoms with Gasteiger partial charge in [0.15, 0.2) is 6.23 Å². The number of halogens is 1. The molecule has 3 nitrogen and oxygen atoms in total. The SMILES string of the molecule is C/C(=N/NC(O)c1ccccc1)c1ccc(Cl)cc1. The first kappa shape index (κ1) is 13.6. The van der Waals surface area contributed by atoms with Crippen LogP contribution in [0.3, 0.4) is 0 Å². The maximum atomic E-state index is 9.92. The molecule has 2 aromatic rings. The van der Waals surface area contributed by atoms with Crippen LogP contribution in [0, 0.1) is 0 Å². The lowest BCUT2D eigenvalue weighted by atomic mass is 10.1. The molecule has 1 unspecified atom stereocenters. The van der Waals surface area contributed by atoms with Crippen molar-refractivity contribution in [3.63, 3.8) is 0 Å². The number of nitrogens with zero attached hydrogens (tertiary/aromatic N) is 1. The molecule has 4 heteroatoms. The molecular formula is C15H15ClN2O. The molecule has 0 aliphatic carbocycles. The van der Waals surface area contributed by atoms with E-state index in [9.17, 15) is 5.11 Å². The van der Waals surface area contributed by atoms with Crippen LogP contribution < -0.4 is 5.43 Å². The topological polar surface area (TPSA) is 44.6 Å². The largest absolute Gasteiger partial charge is 0.368 e. The summed E-state index contributed by atoms with van der Waals surface area (Å²) >= 11 is 5.83. The van der Waals surface area contributed by atoms with Crippen molar-refractivity contribution in [1.82, 2.24) is 5.43 Å². The van der Waals surface area contributed by atoms with E-state index in [1.165, 1.54) is 0 Å². The van der Waals surface area contributed by atoms with Crippen molar-refractivity contribution in [3.8, 4) is 0 Å². The summed E-state index contributed by atoms with van der Waals surface area (Å²) in [4.78, 5) is 0. The minimum atomic E-state index is -0.816. The van der Waals surface area contributed by atoms with Gasteiger partial charge in [-0.1, -0.05) is 54.1 Å². The van der Waals surface area contributed by atoms with E-state index < -0.39 is 6.23 Å². The highest BCUT2D eigenvalue weighted by Crippen LogP contribution is 2.11. The first-order valence-electron chi connectivity index (χ1n) is 5.95. The maximum absolute atomic E-state index is 9.92. The molecule has 2 rings (SSSR count). The molecule has 0 spiro atoms. The molecule has 0 saturated carbocycles. The zero-order chi connectivity index (χ0) is 13.7. The van der Waals surface area contributed by atoms with Crippen molar-refractivity contribution < 1.29 is 5.11 Å². The van der Waals surface area contributed by atoms with Gasteiger partial charge in [0.25, 0.3) is 0 Å². The third-order valence-electron chi connectivity index (χ3n) is 2.73. The van der Waals surface area contributed by atoms with Crippen LogP contribution in [-0.2, 0) is 0 Å². The molecule has 2 N–H and O–H groups in total. The normalized spacial score (nSPS) is 13.1. The summed E-state index contributed by atoms with van der Waals surface area (Å²) < 4.78 is 0. The Morgan fingerprint density at radius 2 is 1.74 bits per heavy atom. The van der Waals surface area contributed by atoms with Gasteiger partial charge in [-0.25, -0.2) is 0 Å². The van der Waals surface area contributed by atoms with Gasteiger partial charge in [-0.3, -0.25) is 5.43 Å². The molecule has 0 radical (unpaired) electrons. The number of benzene rings is 2. The number of nitrogens with one attached hydrogen (secondary N) is 1. The van der Waals surface area contributed by atoms with E-state index in [2.05, 4.69) is 10.5 Å². The summed E-state index contributed by atoms with van der Waals surface area (Å²) in [6.07, 6.45) is -0.816. The molecule has 19 heavy (non-hydrogen) atoms. The van der Waals surface area contributed by atoms with Gasteiger partial charge in [-0.05, 0) is 24.6 Å². The van der Waals surface area contributed by atoms with E-state index in [1.54, 1.807) is 0 Å². The van der Waals surface area contributed by atoms with Crippen LogP contribution in [0.1, 0.15) is 24.3 Å². The number of aliphatic hydroxyl groups is 1. The average molecular weight is 275 g/mol. The lowest BCUT2D eigenvalue weighted by Gasteiger charge is -2.11. The summed E-state index contributed by atoms with van der Waals surface area (Å²) in [5, 5.41) is 14.8. The van der Waals surface area contributed by atoms with Crippen molar-refractivity contribution in [1.29, 1.82) is 0 Å². The first-order valence-corrected chi connectivity index (χ1v) is 6.33. The minimum absolute atomic E-state index is 0.689. The number of hydrazone groups is 1. The molecule has 0 amide bonds. The summed E-state index contributed by atoms with van der Waals surface area (Å²) in [5.74, 6) is 0. The Kier molecular flexibility index (Phi) is 4.55. The van der Waals surface area contributed by atoms with Gasteiger partial charge < -0.3 is 5.11 Å². The van der Waals surface area contributed by atoms with Crippen molar-refractivity contribution in [3.05, 3.63) is 70.7 Å². The van der Waals surface area contributed by atoms with Gasteiger partial charge in [0, 0.05) is 10.6 Å². The van der Waals surface area contributed by atoms with Gasteiger partial charge in [0.1, 0.15) is 0 Å². The second kappa shape index (κ2) is 6.36.